The maximum atomic E-state index is 14.1. The lowest BCUT2D eigenvalue weighted by atomic mass is 9.83. The Morgan fingerprint density at radius 3 is 1.32 bits per heavy atom. The van der Waals surface area contributed by atoms with Gasteiger partial charge in [0.1, 0.15) is 0 Å². The number of halogens is 10. The zero-order valence-electron chi connectivity index (χ0n) is 18.9. The summed E-state index contributed by atoms with van der Waals surface area (Å²) in [6, 6.07) is 7.66. The van der Waals surface area contributed by atoms with E-state index in [1.54, 1.807) is 0 Å². The molecule has 0 heterocycles. The molecule has 0 N–H and O–H groups in total. The maximum Gasteiger partial charge on any atom is 0.417 e. The standard InChI is InChI=1S/C27H14ClF9O/c28-20(38)3-1-2-12-4-5-13-15-7-10-18(26(32,33)34)24-19(27(35,36)37)11-8-16(23(15)24)14-6-9-17(25(29,30)31)21(12)22(13)14/h4-11H,1-3H2. The second-order valence-corrected chi connectivity index (χ2v) is 9.38. The largest absolute Gasteiger partial charge is 0.417 e. The van der Waals surface area contributed by atoms with Crippen LogP contribution in [0.3, 0.4) is 0 Å². The van der Waals surface area contributed by atoms with Gasteiger partial charge in [-0.05, 0) is 85.9 Å². The zero-order valence-corrected chi connectivity index (χ0v) is 19.7. The molecule has 0 aliphatic heterocycles. The molecule has 0 radical (unpaired) electrons. The highest BCUT2D eigenvalue weighted by Gasteiger charge is 2.40. The van der Waals surface area contributed by atoms with Crippen LogP contribution >= 0.6 is 11.6 Å². The Morgan fingerprint density at radius 2 is 0.921 bits per heavy atom. The van der Waals surface area contributed by atoms with Crippen molar-refractivity contribution < 1.29 is 44.3 Å². The molecule has 0 spiro atoms. The van der Waals surface area contributed by atoms with Gasteiger partial charge in [0, 0.05) is 11.8 Å². The lowest BCUT2D eigenvalue weighted by Gasteiger charge is -2.23. The number of aryl methyl sites for hydroxylation is 1. The summed E-state index contributed by atoms with van der Waals surface area (Å²) in [5, 5.41) is -2.08. The molecule has 0 aliphatic carbocycles. The van der Waals surface area contributed by atoms with Gasteiger partial charge in [-0.2, -0.15) is 39.5 Å². The molecule has 0 amide bonds. The van der Waals surface area contributed by atoms with Crippen LogP contribution in [0, 0.1) is 0 Å². The molecule has 0 aromatic heterocycles. The molecule has 0 fully saturated rings. The van der Waals surface area contributed by atoms with Crippen molar-refractivity contribution >= 4 is 59.9 Å². The molecule has 1 nitrogen and oxygen atoms in total. The predicted octanol–water partition coefficient (Wildman–Crippen LogP) is 9.88. The molecule has 38 heavy (non-hydrogen) atoms. The fraction of sp³-hybridized carbons (Fsp3) is 0.222. The van der Waals surface area contributed by atoms with E-state index in [1.807, 2.05) is 0 Å². The number of alkyl halides is 9. The van der Waals surface area contributed by atoms with Crippen LogP contribution in [-0.2, 0) is 29.7 Å². The molecule has 11 heteroatoms. The summed E-state index contributed by atoms with van der Waals surface area (Å²) in [4.78, 5) is 11.2. The van der Waals surface area contributed by atoms with Crippen molar-refractivity contribution in [1.29, 1.82) is 0 Å². The molecule has 198 valence electrons. The van der Waals surface area contributed by atoms with Crippen molar-refractivity contribution in [1.82, 2.24) is 0 Å². The number of hydrogen-bond donors (Lipinski definition) is 0. The van der Waals surface area contributed by atoms with Gasteiger partial charge >= 0.3 is 18.5 Å². The number of hydrogen-bond acceptors (Lipinski definition) is 1. The molecule has 5 rings (SSSR count). The Balaban J connectivity index is 2.00. The quantitative estimate of drug-likeness (QED) is 0.0925. The van der Waals surface area contributed by atoms with E-state index < -0.39 is 45.8 Å². The van der Waals surface area contributed by atoms with Crippen LogP contribution in [0.5, 0.6) is 0 Å². The molecule has 0 unspecified atom stereocenters. The minimum atomic E-state index is -5.11. The van der Waals surface area contributed by atoms with Gasteiger partial charge in [-0.25, -0.2) is 0 Å². The van der Waals surface area contributed by atoms with Gasteiger partial charge < -0.3 is 0 Å². The molecule has 0 saturated heterocycles. The van der Waals surface area contributed by atoms with E-state index in [4.69, 9.17) is 11.6 Å². The molecular weight excluding hydrogens is 547 g/mol. The first kappa shape index (κ1) is 26.3. The average Bonchev–Trinajstić information content (AvgIpc) is 2.79. The summed E-state index contributed by atoms with van der Waals surface area (Å²) in [5.74, 6) is 0. The second-order valence-electron chi connectivity index (χ2n) is 8.96. The first-order chi connectivity index (χ1) is 17.6. The Labute approximate surface area is 213 Å². The van der Waals surface area contributed by atoms with Crippen LogP contribution in [0.15, 0.2) is 48.5 Å². The van der Waals surface area contributed by atoms with Crippen molar-refractivity contribution in [3.63, 3.8) is 0 Å². The number of rotatable bonds is 4. The third-order valence-electron chi connectivity index (χ3n) is 6.72. The van der Waals surface area contributed by atoms with Crippen molar-refractivity contribution in [3.05, 3.63) is 70.8 Å². The summed E-state index contributed by atoms with van der Waals surface area (Å²) in [5.41, 5.74) is -3.74. The lowest BCUT2D eigenvalue weighted by Crippen LogP contribution is -2.12. The minimum absolute atomic E-state index is 0.0339. The number of fused-ring (bicyclic) bond motifs is 2. The van der Waals surface area contributed by atoms with Crippen LogP contribution in [0.2, 0.25) is 0 Å². The second kappa shape index (κ2) is 8.62. The van der Waals surface area contributed by atoms with Gasteiger partial charge in [0.15, 0.2) is 0 Å². The fourth-order valence-corrected chi connectivity index (χ4v) is 5.43. The number of benzene rings is 5. The van der Waals surface area contributed by atoms with Gasteiger partial charge in [0.05, 0.1) is 16.7 Å². The summed E-state index contributed by atoms with van der Waals surface area (Å²) < 4.78 is 126. The SMILES string of the molecule is O=C(Cl)CCCc1ccc2c3ccc(C(F)(F)F)c4c(C(F)(F)F)ccc(c5ccc(C(F)(F)F)c1c25)c43. The van der Waals surface area contributed by atoms with Gasteiger partial charge in [-0.1, -0.05) is 30.3 Å². The number of carbonyl (C=O) groups excluding carboxylic acids is 1. The first-order valence-electron chi connectivity index (χ1n) is 11.2. The topological polar surface area (TPSA) is 17.1 Å². The van der Waals surface area contributed by atoms with Gasteiger partial charge in [0.25, 0.3) is 0 Å². The van der Waals surface area contributed by atoms with Crippen LogP contribution in [0.4, 0.5) is 39.5 Å². The first-order valence-corrected chi connectivity index (χ1v) is 11.6. The lowest BCUT2D eigenvalue weighted by molar-refractivity contribution is -0.140. The van der Waals surface area contributed by atoms with Crippen LogP contribution < -0.4 is 0 Å². The van der Waals surface area contributed by atoms with Crippen molar-refractivity contribution in [3.8, 4) is 0 Å². The van der Waals surface area contributed by atoms with Gasteiger partial charge in [0.2, 0.25) is 5.24 Å². The highest BCUT2D eigenvalue weighted by molar-refractivity contribution is 6.63. The summed E-state index contributed by atoms with van der Waals surface area (Å²) in [6.07, 6.45) is -14.9. The normalized spacial score (nSPS) is 13.4. The van der Waals surface area contributed by atoms with Crippen molar-refractivity contribution in [2.45, 2.75) is 37.8 Å². The Kier molecular flexibility index (Phi) is 5.98. The van der Waals surface area contributed by atoms with Crippen LogP contribution in [-0.4, -0.2) is 5.24 Å². The van der Waals surface area contributed by atoms with Crippen LogP contribution in [0.1, 0.15) is 35.1 Å². The minimum Gasteiger partial charge on any atom is -0.281 e. The number of carbonyl (C=O) groups is 1. The highest BCUT2D eigenvalue weighted by atomic mass is 35.5. The maximum absolute atomic E-state index is 14.1. The molecule has 5 aromatic rings. The monoisotopic (exact) mass is 560 g/mol. The van der Waals surface area contributed by atoms with Crippen LogP contribution in [0.25, 0.3) is 43.1 Å². The predicted molar refractivity (Wildman–Crippen MR) is 126 cm³/mol. The van der Waals surface area contributed by atoms with E-state index in [0.717, 1.165) is 24.3 Å². The highest BCUT2D eigenvalue weighted by Crippen LogP contribution is 2.50. The molecule has 5 aromatic carbocycles. The van der Waals surface area contributed by atoms with Crippen molar-refractivity contribution in [2.24, 2.45) is 0 Å². The summed E-state index contributed by atoms with van der Waals surface area (Å²) >= 11 is 5.36. The van der Waals surface area contributed by atoms with E-state index in [0.29, 0.717) is 12.1 Å². The molecule has 0 atom stereocenters. The molecule has 0 saturated carbocycles. The van der Waals surface area contributed by atoms with E-state index in [-0.39, 0.29) is 62.5 Å². The van der Waals surface area contributed by atoms with E-state index in [2.05, 4.69) is 0 Å². The van der Waals surface area contributed by atoms with Crippen molar-refractivity contribution in [2.75, 3.05) is 0 Å². The molecule has 0 bridgehead atoms. The third kappa shape index (κ3) is 4.19. The Bertz CT molecular complexity index is 1660. The van der Waals surface area contributed by atoms with E-state index in [1.165, 1.54) is 12.1 Å². The summed E-state index contributed by atoms with van der Waals surface area (Å²) in [7, 11) is 0. The van der Waals surface area contributed by atoms with Gasteiger partial charge in [-0.15, -0.1) is 0 Å². The Hall–Kier alpha value is -3.27. The zero-order chi connectivity index (χ0) is 27.8. The van der Waals surface area contributed by atoms with E-state index in [9.17, 15) is 44.3 Å². The van der Waals surface area contributed by atoms with E-state index >= 15 is 0 Å². The Morgan fingerprint density at radius 1 is 0.553 bits per heavy atom. The average molecular weight is 561 g/mol. The summed E-state index contributed by atoms with van der Waals surface area (Å²) in [6.45, 7) is 0. The molecule has 0 aliphatic rings. The van der Waals surface area contributed by atoms with Gasteiger partial charge in [-0.3, -0.25) is 4.79 Å². The molecular formula is C27H14ClF9O. The fourth-order valence-electron chi connectivity index (χ4n) is 5.29. The third-order valence-corrected chi connectivity index (χ3v) is 6.91. The smallest absolute Gasteiger partial charge is 0.281 e.